The molecule has 0 unspecified atom stereocenters. The average Bonchev–Trinajstić information content (AvgIpc) is 2.61. The Morgan fingerprint density at radius 1 is 1.08 bits per heavy atom. The number of nitrogens with one attached hydrogen (secondary N) is 2. The maximum absolute atomic E-state index is 11.2. The lowest BCUT2D eigenvalue weighted by atomic mass is 10.2. The first kappa shape index (κ1) is 17.7. The summed E-state index contributed by atoms with van der Waals surface area (Å²) in [6, 6.07) is 15.1. The zero-order chi connectivity index (χ0) is 17.4. The maximum Gasteiger partial charge on any atom is 0.329 e. The van der Waals surface area contributed by atoms with E-state index in [1.165, 1.54) is 13.3 Å². The van der Waals surface area contributed by atoms with E-state index in [0.29, 0.717) is 6.61 Å². The first-order valence-electron chi connectivity index (χ1n) is 7.11. The zero-order valence-electron chi connectivity index (χ0n) is 13.0. The van der Waals surface area contributed by atoms with E-state index in [1.807, 2.05) is 24.3 Å². The molecule has 0 heterocycles. The molecule has 0 saturated heterocycles. The molecular weight excluding hydrogens is 374 g/mol. The van der Waals surface area contributed by atoms with Crippen molar-refractivity contribution in [1.29, 1.82) is 0 Å². The highest BCUT2D eigenvalue weighted by Crippen LogP contribution is 2.15. The second-order valence-electron chi connectivity index (χ2n) is 4.76. The second kappa shape index (κ2) is 8.83. The van der Waals surface area contributed by atoms with Gasteiger partial charge in [0.15, 0.2) is 0 Å². The Balaban J connectivity index is 1.85. The Morgan fingerprint density at radius 3 is 2.38 bits per heavy atom. The smallest absolute Gasteiger partial charge is 0.329 e. The lowest BCUT2D eigenvalue weighted by Crippen LogP contribution is -2.35. The summed E-state index contributed by atoms with van der Waals surface area (Å²) in [6.45, 7) is 0.475. The van der Waals surface area contributed by atoms with Crippen LogP contribution in [0.2, 0.25) is 0 Å². The zero-order valence-corrected chi connectivity index (χ0v) is 14.5. The number of likely N-dealkylation sites (N-methyl/N-ethyl adjacent to an activating group) is 1. The van der Waals surface area contributed by atoms with E-state index in [0.717, 1.165) is 21.3 Å². The molecule has 0 atom stereocenters. The molecular formula is C17H16BrN3O3. The molecule has 2 rings (SSSR count). The summed E-state index contributed by atoms with van der Waals surface area (Å²) < 4.78 is 6.72. The van der Waals surface area contributed by atoms with Gasteiger partial charge in [0.05, 0.1) is 6.21 Å². The van der Waals surface area contributed by atoms with Crippen LogP contribution in [0.1, 0.15) is 11.1 Å². The molecule has 2 aromatic carbocycles. The van der Waals surface area contributed by atoms with E-state index in [2.05, 4.69) is 31.8 Å². The molecule has 6 nitrogen and oxygen atoms in total. The minimum atomic E-state index is -0.816. The number of benzene rings is 2. The van der Waals surface area contributed by atoms with Crippen molar-refractivity contribution in [2.45, 2.75) is 6.61 Å². The highest BCUT2D eigenvalue weighted by Gasteiger charge is 2.08. The minimum absolute atomic E-state index is 0.475. The molecule has 0 bridgehead atoms. The number of nitrogens with zero attached hydrogens (tertiary/aromatic N) is 1. The quantitative estimate of drug-likeness (QED) is 0.467. The van der Waals surface area contributed by atoms with Gasteiger partial charge in [-0.25, -0.2) is 5.43 Å². The summed E-state index contributed by atoms with van der Waals surface area (Å²) in [5.74, 6) is -0.837. The molecule has 0 aliphatic rings. The van der Waals surface area contributed by atoms with Crippen molar-refractivity contribution >= 4 is 34.0 Å². The number of halogens is 1. The van der Waals surface area contributed by atoms with Crippen LogP contribution in [0.4, 0.5) is 0 Å². The molecule has 0 aliphatic heterocycles. The van der Waals surface area contributed by atoms with Gasteiger partial charge in [-0.3, -0.25) is 9.59 Å². The van der Waals surface area contributed by atoms with Crippen LogP contribution in [0.3, 0.4) is 0 Å². The second-order valence-corrected chi connectivity index (χ2v) is 5.68. The summed E-state index contributed by atoms with van der Waals surface area (Å²) >= 11 is 3.39. The number of hydrogen-bond donors (Lipinski definition) is 2. The van der Waals surface area contributed by atoms with Gasteiger partial charge >= 0.3 is 11.8 Å². The first-order valence-corrected chi connectivity index (χ1v) is 7.90. The standard InChI is InChI=1S/C17H16BrN3O3/c1-19-16(22)17(23)21-20-10-12-4-8-15(9-5-12)24-11-13-2-6-14(18)7-3-13/h2-10H,11H2,1H3,(H,19,22)(H,21,23)/b20-10-. The average molecular weight is 390 g/mol. The largest absolute Gasteiger partial charge is 0.489 e. The molecule has 0 radical (unpaired) electrons. The molecule has 0 saturated carbocycles. The van der Waals surface area contributed by atoms with E-state index in [9.17, 15) is 9.59 Å². The van der Waals surface area contributed by atoms with Crippen LogP contribution >= 0.6 is 15.9 Å². The van der Waals surface area contributed by atoms with Gasteiger partial charge in [-0.1, -0.05) is 28.1 Å². The summed E-state index contributed by atoms with van der Waals surface area (Å²) in [4.78, 5) is 22.2. The first-order chi connectivity index (χ1) is 11.6. The third-order valence-corrected chi connectivity index (χ3v) is 3.54. The van der Waals surface area contributed by atoms with Gasteiger partial charge in [-0.2, -0.15) is 5.10 Å². The van der Waals surface area contributed by atoms with Crippen LogP contribution < -0.4 is 15.5 Å². The summed E-state index contributed by atoms with van der Waals surface area (Å²) in [7, 11) is 1.37. The molecule has 2 amide bonds. The topological polar surface area (TPSA) is 79.8 Å². The molecule has 2 aromatic rings. The molecule has 0 spiro atoms. The van der Waals surface area contributed by atoms with E-state index >= 15 is 0 Å². The highest BCUT2D eigenvalue weighted by atomic mass is 79.9. The molecule has 2 N–H and O–H groups in total. The Morgan fingerprint density at radius 2 is 1.75 bits per heavy atom. The van der Waals surface area contributed by atoms with Gasteiger partial charge in [0.1, 0.15) is 12.4 Å². The molecule has 0 aromatic heterocycles. The number of ether oxygens (including phenoxy) is 1. The summed E-state index contributed by atoms with van der Waals surface area (Å²) in [5.41, 5.74) is 3.97. The highest BCUT2D eigenvalue weighted by molar-refractivity contribution is 9.10. The van der Waals surface area contributed by atoms with Crippen LogP contribution in [0, 0.1) is 0 Å². The maximum atomic E-state index is 11.2. The fourth-order valence-corrected chi connectivity index (χ4v) is 1.99. The van der Waals surface area contributed by atoms with E-state index in [-0.39, 0.29) is 0 Å². The van der Waals surface area contributed by atoms with Crippen LogP contribution in [0.25, 0.3) is 0 Å². The third-order valence-electron chi connectivity index (χ3n) is 3.01. The van der Waals surface area contributed by atoms with Gasteiger partial charge in [-0.15, -0.1) is 0 Å². The SMILES string of the molecule is CNC(=O)C(=O)N/N=C\c1ccc(OCc2ccc(Br)cc2)cc1. The van der Waals surface area contributed by atoms with Crippen LogP contribution in [0.15, 0.2) is 58.1 Å². The van der Waals surface area contributed by atoms with Gasteiger partial charge in [0, 0.05) is 11.5 Å². The Hall–Kier alpha value is -2.67. The lowest BCUT2D eigenvalue weighted by Gasteiger charge is -2.06. The van der Waals surface area contributed by atoms with Crippen molar-refractivity contribution in [3.63, 3.8) is 0 Å². The third kappa shape index (κ3) is 5.51. The molecule has 0 fully saturated rings. The minimum Gasteiger partial charge on any atom is -0.489 e. The summed E-state index contributed by atoms with van der Waals surface area (Å²) in [5, 5.41) is 5.92. The molecule has 24 heavy (non-hydrogen) atoms. The number of hydrogen-bond acceptors (Lipinski definition) is 4. The van der Waals surface area contributed by atoms with E-state index in [1.54, 1.807) is 24.3 Å². The van der Waals surface area contributed by atoms with Crippen molar-refractivity contribution < 1.29 is 14.3 Å². The molecule has 124 valence electrons. The van der Waals surface area contributed by atoms with Crippen molar-refractivity contribution in [2.75, 3.05) is 7.05 Å². The number of carbonyl (C=O) groups excluding carboxylic acids is 2. The van der Waals surface area contributed by atoms with E-state index in [4.69, 9.17) is 4.74 Å². The van der Waals surface area contributed by atoms with Crippen LogP contribution in [-0.4, -0.2) is 25.1 Å². The van der Waals surface area contributed by atoms with Crippen molar-refractivity contribution in [2.24, 2.45) is 5.10 Å². The fraction of sp³-hybridized carbons (Fsp3) is 0.118. The number of carbonyl (C=O) groups is 2. The molecule has 7 heteroatoms. The van der Waals surface area contributed by atoms with Crippen molar-refractivity contribution in [3.05, 3.63) is 64.1 Å². The Kier molecular flexibility index (Phi) is 6.51. The van der Waals surface area contributed by atoms with Gasteiger partial charge in [-0.05, 0) is 47.5 Å². The monoisotopic (exact) mass is 389 g/mol. The summed E-state index contributed by atoms with van der Waals surface area (Å²) in [6.07, 6.45) is 1.44. The normalized spacial score (nSPS) is 10.4. The Bertz CT molecular complexity index is 728. The number of rotatable bonds is 5. The number of hydrazone groups is 1. The van der Waals surface area contributed by atoms with Crippen molar-refractivity contribution in [3.8, 4) is 5.75 Å². The van der Waals surface area contributed by atoms with Crippen LogP contribution in [-0.2, 0) is 16.2 Å². The van der Waals surface area contributed by atoms with Gasteiger partial charge in [0.2, 0.25) is 0 Å². The van der Waals surface area contributed by atoms with Crippen LogP contribution in [0.5, 0.6) is 5.75 Å². The predicted octanol–water partition coefficient (Wildman–Crippen LogP) is 2.22. The Labute approximate surface area is 148 Å². The van der Waals surface area contributed by atoms with Gasteiger partial charge in [0.25, 0.3) is 0 Å². The molecule has 0 aliphatic carbocycles. The lowest BCUT2D eigenvalue weighted by molar-refractivity contribution is -0.138. The predicted molar refractivity (Wildman–Crippen MR) is 94.7 cm³/mol. The number of amides is 2. The van der Waals surface area contributed by atoms with Gasteiger partial charge < -0.3 is 10.1 Å². The van der Waals surface area contributed by atoms with Crippen molar-refractivity contribution in [1.82, 2.24) is 10.7 Å². The van der Waals surface area contributed by atoms with E-state index < -0.39 is 11.8 Å². The fourth-order valence-electron chi connectivity index (χ4n) is 1.73.